The molecule has 1 aromatic carbocycles. The summed E-state index contributed by atoms with van der Waals surface area (Å²) in [5, 5.41) is 4.24. The van der Waals surface area contributed by atoms with Gasteiger partial charge in [0.1, 0.15) is 5.69 Å². The largest absolute Gasteiger partial charge is 0.292 e. The highest BCUT2D eigenvalue weighted by Crippen LogP contribution is 2.21. The summed E-state index contributed by atoms with van der Waals surface area (Å²) in [6, 6.07) is 8.21. The van der Waals surface area contributed by atoms with Crippen molar-refractivity contribution in [1.29, 1.82) is 0 Å². The Kier molecular flexibility index (Phi) is 4.20. The van der Waals surface area contributed by atoms with Gasteiger partial charge in [-0.1, -0.05) is 29.8 Å². The van der Waals surface area contributed by atoms with E-state index in [-0.39, 0.29) is 11.8 Å². The molecule has 0 aliphatic heterocycles. The van der Waals surface area contributed by atoms with Gasteiger partial charge in [-0.2, -0.15) is 5.10 Å². The van der Waals surface area contributed by atoms with Gasteiger partial charge in [0.15, 0.2) is 5.78 Å². The Labute approximate surface area is 121 Å². The van der Waals surface area contributed by atoms with Crippen LogP contribution >= 0.6 is 15.9 Å². The summed E-state index contributed by atoms with van der Waals surface area (Å²) < 4.78 is 2.53. The van der Waals surface area contributed by atoms with Gasteiger partial charge in [0.05, 0.1) is 10.7 Å². The lowest BCUT2D eigenvalue weighted by Gasteiger charge is -2.10. The van der Waals surface area contributed by atoms with Crippen LogP contribution in [-0.4, -0.2) is 15.6 Å². The van der Waals surface area contributed by atoms with Gasteiger partial charge < -0.3 is 0 Å². The summed E-state index contributed by atoms with van der Waals surface area (Å²) >= 11 is 3.41. The van der Waals surface area contributed by atoms with Gasteiger partial charge in [0.25, 0.3) is 0 Å². The topological polar surface area (TPSA) is 34.9 Å². The lowest BCUT2D eigenvalue weighted by atomic mass is 10.1. The van der Waals surface area contributed by atoms with Gasteiger partial charge in [0, 0.05) is 12.5 Å². The van der Waals surface area contributed by atoms with Crippen LogP contribution in [0.15, 0.2) is 34.9 Å². The normalized spacial score (nSPS) is 11.0. The number of nitrogens with zero attached hydrogens (tertiary/aromatic N) is 2. The lowest BCUT2D eigenvalue weighted by molar-refractivity contribution is 0.0980. The zero-order valence-corrected chi connectivity index (χ0v) is 12.9. The molecule has 2 rings (SSSR count). The Morgan fingerprint density at radius 2 is 1.95 bits per heavy atom. The van der Waals surface area contributed by atoms with E-state index in [1.165, 1.54) is 5.56 Å². The predicted molar refractivity (Wildman–Crippen MR) is 79.5 cm³/mol. The van der Waals surface area contributed by atoms with Crippen LogP contribution in [0.5, 0.6) is 0 Å². The van der Waals surface area contributed by atoms with E-state index in [1.54, 1.807) is 10.9 Å². The van der Waals surface area contributed by atoms with Crippen molar-refractivity contribution in [3.8, 4) is 0 Å². The van der Waals surface area contributed by atoms with Crippen LogP contribution in [0.3, 0.4) is 0 Å². The van der Waals surface area contributed by atoms with Crippen LogP contribution in [0, 0.1) is 6.92 Å². The van der Waals surface area contributed by atoms with Crippen LogP contribution < -0.4 is 0 Å². The third-order valence-corrected chi connectivity index (χ3v) is 3.57. The Bertz CT molecular complexity index is 585. The van der Waals surface area contributed by atoms with E-state index in [0.29, 0.717) is 12.1 Å². The highest BCUT2D eigenvalue weighted by atomic mass is 79.9. The number of aromatic nitrogens is 2. The molecule has 0 fully saturated rings. The molecule has 1 aromatic heterocycles. The van der Waals surface area contributed by atoms with Crippen molar-refractivity contribution in [3.05, 3.63) is 51.8 Å². The molecule has 19 heavy (non-hydrogen) atoms. The molecule has 0 spiro atoms. The fourth-order valence-electron chi connectivity index (χ4n) is 1.97. The summed E-state index contributed by atoms with van der Waals surface area (Å²) in [6.45, 7) is 6.07. The molecule has 0 unspecified atom stereocenters. The summed E-state index contributed by atoms with van der Waals surface area (Å²) in [4.78, 5) is 12.4. The molecule has 4 heteroatoms. The number of carbonyl (C=O) groups is 1. The molecule has 0 aliphatic carbocycles. The quantitative estimate of drug-likeness (QED) is 0.799. The van der Waals surface area contributed by atoms with Crippen molar-refractivity contribution in [2.45, 2.75) is 33.2 Å². The summed E-state index contributed by atoms with van der Waals surface area (Å²) in [5.41, 5.74) is 2.87. The maximum Gasteiger partial charge on any atom is 0.186 e. The fourth-order valence-corrected chi connectivity index (χ4v) is 2.46. The highest BCUT2D eigenvalue weighted by molar-refractivity contribution is 9.10. The molecule has 0 N–H and O–H groups in total. The van der Waals surface area contributed by atoms with Crippen molar-refractivity contribution in [3.63, 3.8) is 0 Å². The molecule has 100 valence electrons. The van der Waals surface area contributed by atoms with Gasteiger partial charge in [-0.05, 0) is 42.3 Å². The Morgan fingerprint density at radius 3 is 2.53 bits per heavy atom. The first-order valence-electron chi connectivity index (χ1n) is 6.30. The maximum atomic E-state index is 12.4. The zero-order chi connectivity index (χ0) is 14.0. The van der Waals surface area contributed by atoms with Crippen LogP contribution in [0.4, 0.5) is 0 Å². The molecular formula is C15H17BrN2O. The lowest BCUT2D eigenvalue weighted by Crippen LogP contribution is -2.14. The number of hydrogen-bond donors (Lipinski definition) is 0. The highest BCUT2D eigenvalue weighted by Gasteiger charge is 2.18. The second-order valence-corrected chi connectivity index (χ2v) is 5.82. The van der Waals surface area contributed by atoms with E-state index in [4.69, 9.17) is 0 Å². The molecule has 2 aromatic rings. The first kappa shape index (κ1) is 14.0. The van der Waals surface area contributed by atoms with Gasteiger partial charge in [-0.3, -0.25) is 9.48 Å². The van der Waals surface area contributed by atoms with Crippen molar-refractivity contribution in [2.24, 2.45) is 0 Å². The number of carbonyl (C=O) groups excluding carboxylic acids is 1. The van der Waals surface area contributed by atoms with E-state index >= 15 is 0 Å². The monoisotopic (exact) mass is 320 g/mol. The fraction of sp³-hybridized carbons (Fsp3) is 0.333. The number of halogens is 1. The zero-order valence-electron chi connectivity index (χ0n) is 11.4. The Morgan fingerprint density at radius 1 is 1.32 bits per heavy atom. The van der Waals surface area contributed by atoms with Crippen LogP contribution in [-0.2, 0) is 6.42 Å². The molecule has 0 aliphatic rings. The molecule has 0 bridgehead atoms. The van der Waals surface area contributed by atoms with Crippen molar-refractivity contribution in [2.75, 3.05) is 0 Å². The van der Waals surface area contributed by atoms with Crippen LogP contribution in [0.25, 0.3) is 0 Å². The summed E-state index contributed by atoms with van der Waals surface area (Å²) in [6.07, 6.45) is 2.08. The minimum absolute atomic E-state index is 0.0851. The molecule has 0 amide bonds. The maximum absolute atomic E-state index is 12.4. The van der Waals surface area contributed by atoms with Crippen molar-refractivity contribution < 1.29 is 4.79 Å². The van der Waals surface area contributed by atoms with Gasteiger partial charge in [-0.25, -0.2) is 0 Å². The van der Waals surface area contributed by atoms with Crippen molar-refractivity contribution in [1.82, 2.24) is 9.78 Å². The first-order chi connectivity index (χ1) is 8.99. The molecule has 0 saturated carbocycles. The van der Waals surface area contributed by atoms with Crippen molar-refractivity contribution >= 4 is 21.7 Å². The number of rotatable bonds is 4. The van der Waals surface area contributed by atoms with Gasteiger partial charge in [0.2, 0.25) is 0 Å². The Hall–Kier alpha value is -1.42. The standard InChI is InChI=1S/C15H17BrN2O/c1-10(2)18-15(13(16)9-17-18)14(19)8-12-6-4-11(3)5-7-12/h4-7,9-10H,8H2,1-3H3. The van der Waals surface area contributed by atoms with E-state index in [0.717, 1.165) is 10.0 Å². The molecule has 3 nitrogen and oxygen atoms in total. The van der Waals surface area contributed by atoms with Gasteiger partial charge in [-0.15, -0.1) is 0 Å². The molecular weight excluding hydrogens is 304 g/mol. The number of hydrogen-bond acceptors (Lipinski definition) is 2. The van der Waals surface area contributed by atoms with E-state index in [1.807, 2.05) is 45.0 Å². The first-order valence-corrected chi connectivity index (χ1v) is 7.10. The number of benzene rings is 1. The summed E-state index contributed by atoms with van der Waals surface area (Å²) in [5.74, 6) is 0.0851. The average Bonchev–Trinajstić information content (AvgIpc) is 2.74. The molecule has 0 radical (unpaired) electrons. The number of ketones is 1. The molecule has 1 heterocycles. The predicted octanol–water partition coefficient (Wildman–Crippen LogP) is 3.96. The molecule has 0 atom stereocenters. The third-order valence-electron chi connectivity index (χ3n) is 2.99. The van der Waals surface area contributed by atoms with Gasteiger partial charge >= 0.3 is 0 Å². The van der Waals surface area contributed by atoms with E-state index in [2.05, 4.69) is 21.0 Å². The average molecular weight is 321 g/mol. The molecule has 0 saturated heterocycles. The summed E-state index contributed by atoms with van der Waals surface area (Å²) in [7, 11) is 0. The van der Waals surface area contributed by atoms with E-state index in [9.17, 15) is 4.79 Å². The van der Waals surface area contributed by atoms with Crippen LogP contribution in [0.1, 0.15) is 41.5 Å². The smallest absolute Gasteiger partial charge is 0.186 e. The minimum atomic E-state index is 0.0851. The number of aryl methyl sites for hydroxylation is 1. The SMILES string of the molecule is Cc1ccc(CC(=O)c2c(Br)cnn2C(C)C)cc1. The number of Topliss-reactive ketones (excluding diaryl/α,β-unsaturated/α-hetero) is 1. The second-order valence-electron chi connectivity index (χ2n) is 4.96. The minimum Gasteiger partial charge on any atom is -0.292 e. The van der Waals surface area contributed by atoms with E-state index < -0.39 is 0 Å². The Balaban J connectivity index is 2.25. The third kappa shape index (κ3) is 3.13. The van der Waals surface area contributed by atoms with Crippen LogP contribution in [0.2, 0.25) is 0 Å². The second kappa shape index (κ2) is 5.70.